The Morgan fingerprint density at radius 2 is 1.90 bits per heavy atom. The summed E-state index contributed by atoms with van der Waals surface area (Å²) in [5.41, 5.74) is 10.1. The molecule has 2 aromatic heterocycles. The number of nitrogens with two attached hydrogens (primary N) is 1. The highest BCUT2D eigenvalue weighted by atomic mass is 15.3. The van der Waals surface area contributed by atoms with Crippen LogP contribution in [-0.2, 0) is 6.42 Å². The van der Waals surface area contributed by atoms with E-state index in [9.17, 15) is 0 Å². The predicted octanol–water partition coefficient (Wildman–Crippen LogP) is 2.59. The molecule has 0 bridgehead atoms. The number of anilines is 1. The third-order valence-electron chi connectivity index (χ3n) is 6.29. The molecule has 3 N–H and O–H groups in total. The molecule has 3 heterocycles. The summed E-state index contributed by atoms with van der Waals surface area (Å²) in [5, 5.41) is 3.78. The molecule has 1 aliphatic carbocycles. The van der Waals surface area contributed by atoms with Crippen LogP contribution in [-0.4, -0.2) is 56.6 Å². The van der Waals surface area contributed by atoms with E-state index in [4.69, 9.17) is 15.7 Å². The quantitative estimate of drug-likeness (QED) is 0.695. The second kappa shape index (κ2) is 8.08. The molecule has 0 saturated carbocycles. The Morgan fingerprint density at radius 3 is 2.76 bits per heavy atom. The van der Waals surface area contributed by atoms with Gasteiger partial charge in [-0.3, -0.25) is 9.97 Å². The van der Waals surface area contributed by atoms with Crippen molar-refractivity contribution < 1.29 is 0 Å². The number of hydrogen-bond donors (Lipinski definition) is 2. The molecule has 1 aromatic carbocycles. The minimum atomic E-state index is 0.180. The van der Waals surface area contributed by atoms with E-state index in [-0.39, 0.29) is 6.04 Å². The van der Waals surface area contributed by atoms with Crippen LogP contribution in [0.5, 0.6) is 0 Å². The fourth-order valence-electron chi connectivity index (χ4n) is 4.83. The Bertz CT molecular complexity index is 974. The summed E-state index contributed by atoms with van der Waals surface area (Å²) < 4.78 is 2.37. The number of fused-ring (bicyclic) bond motifs is 2. The first kappa shape index (κ1) is 18.5. The zero-order chi connectivity index (χ0) is 19.6. The van der Waals surface area contributed by atoms with E-state index >= 15 is 0 Å². The van der Waals surface area contributed by atoms with E-state index in [1.165, 1.54) is 5.52 Å². The molecule has 0 radical (unpaired) electrons. The number of hydrogen-bond acceptors (Lipinski definition) is 6. The fraction of sp³-hybridized carbons (Fsp3) is 0.500. The summed E-state index contributed by atoms with van der Waals surface area (Å²) in [6.07, 6.45) is 9.05. The van der Waals surface area contributed by atoms with Gasteiger partial charge in [0.25, 0.3) is 0 Å². The van der Waals surface area contributed by atoms with Crippen molar-refractivity contribution in [3.63, 3.8) is 0 Å². The molecule has 0 amide bonds. The number of nitrogens with zero attached hydrogens (tertiary/aromatic N) is 5. The number of aromatic nitrogens is 4. The van der Waals surface area contributed by atoms with Gasteiger partial charge in [0.05, 0.1) is 28.5 Å². The smallest absolute Gasteiger partial charge is 0.204 e. The van der Waals surface area contributed by atoms with Crippen molar-refractivity contribution in [3.05, 3.63) is 48.0 Å². The normalized spacial score (nSPS) is 20.7. The summed E-state index contributed by atoms with van der Waals surface area (Å²) in [4.78, 5) is 16.8. The minimum absolute atomic E-state index is 0.180. The molecule has 5 rings (SSSR count). The molecule has 7 nitrogen and oxygen atoms in total. The van der Waals surface area contributed by atoms with Gasteiger partial charge in [0.2, 0.25) is 5.95 Å². The standard InChI is InChI=1S/C22H29N7/c23-10-15-28-13-8-16(9-14-28)26-22-27-17-4-1-2-6-19(17)29(22)20-7-3-5-18-21(20)25-12-11-24-18/h1-2,4,6,11-12,16,20H,3,5,7-10,13-15,23H2,(H,26,27). The summed E-state index contributed by atoms with van der Waals surface area (Å²) in [6, 6.07) is 9.03. The average molecular weight is 392 g/mol. The van der Waals surface area contributed by atoms with E-state index in [1.54, 1.807) is 0 Å². The van der Waals surface area contributed by atoms with Crippen molar-refractivity contribution in [2.45, 2.75) is 44.2 Å². The molecule has 3 aromatic rings. The molecule has 1 atom stereocenters. The molecule has 1 aliphatic heterocycles. The van der Waals surface area contributed by atoms with Gasteiger partial charge in [-0.25, -0.2) is 4.98 Å². The molecule has 1 fully saturated rings. The van der Waals surface area contributed by atoms with Gasteiger partial charge in [-0.15, -0.1) is 0 Å². The largest absolute Gasteiger partial charge is 0.353 e. The van der Waals surface area contributed by atoms with Crippen LogP contribution in [0.15, 0.2) is 36.7 Å². The molecular weight excluding hydrogens is 362 g/mol. The van der Waals surface area contributed by atoms with Crippen molar-refractivity contribution in [1.82, 2.24) is 24.4 Å². The maximum atomic E-state index is 5.72. The lowest BCUT2D eigenvalue weighted by Gasteiger charge is -2.33. The molecule has 7 heteroatoms. The third kappa shape index (κ3) is 3.60. The van der Waals surface area contributed by atoms with Gasteiger partial charge >= 0.3 is 0 Å². The summed E-state index contributed by atoms with van der Waals surface area (Å²) in [5.74, 6) is 0.965. The second-order valence-corrected chi connectivity index (χ2v) is 8.14. The number of likely N-dealkylation sites (tertiary alicyclic amines) is 1. The van der Waals surface area contributed by atoms with Crippen LogP contribution in [0, 0.1) is 0 Å². The first-order chi connectivity index (χ1) is 14.3. The minimum Gasteiger partial charge on any atom is -0.353 e. The lowest BCUT2D eigenvalue weighted by Crippen LogP contribution is -2.41. The highest BCUT2D eigenvalue weighted by molar-refractivity contribution is 5.79. The number of aryl methyl sites for hydroxylation is 1. The average Bonchev–Trinajstić information content (AvgIpc) is 3.12. The van der Waals surface area contributed by atoms with Crippen molar-refractivity contribution in [1.29, 1.82) is 0 Å². The molecule has 1 unspecified atom stereocenters. The van der Waals surface area contributed by atoms with E-state index in [1.807, 2.05) is 12.4 Å². The van der Waals surface area contributed by atoms with Crippen LogP contribution in [0.25, 0.3) is 11.0 Å². The Morgan fingerprint density at radius 1 is 1.07 bits per heavy atom. The summed E-state index contributed by atoms with van der Waals surface area (Å²) in [7, 11) is 0. The van der Waals surface area contributed by atoms with Crippen molar-refractivity contribution in [3.8, 4) is 0 Å². The number of para-hydroxylation sites is 2. The summed E-state index contributed by atoms with van der Waals surface area (Å²) in [6.45, 7) is 3.90. The van der Waals surface area contributed by atoms with Gasteiger partial charge in [-0.05, 0) is 44.2 Å². The first-order valence-corrected chi connectivity index (χ1v) is 10.8. The monoisotopic (exact) mass is 391 g/mol. The van der Waals surface area contributed by atoms with Gasteiger partial charge in [0.1, 0.15) is 0 Å². The maximum absolute atomic E-state index is 5.72. The van der Waals surface area contributed by atoms with E-state index in [0.717, 1.165) is 81.1 Å². The zero-order valence-electron chi connectivity index (χ0n) is 16.8. The van der Waals surface area contributed by atoms with Gasteiger partial charge in [-0.1, -0.05) is 12.1 Å². The van der Waals surface area contributed by atoms with Crippen molar-refractivity contribution >= 4 is 17.0 Å². The van der Waals surface area contributed by atoms with Gasteiger partial charge < -0.3 is 20.5 Å². The van der Waals surface area contributed by atoms with E-state index in [0.29, 0.717) is 6.04 Å². The molecule has 2 aliphatic rings. The van der Waals surface area contributed by atoms with Crippen LogP contribution < -0.4 is 11.1 Å². The number of piperidine rings is 1. The summed E-state index contributed by atoms with van der Waals surface area (Å²) >= 11 is 0. The van der Waals surface area contributed by atoms with Crippen molar-refractivity contribution in [2.24, 2.45) is 5.73 Å². The van der Waals surface area contributed by atoms with Gasteiger partial charge in [0.15, 0.2) is 0 Å². The number of benzene rings is 1. The molecular formula is C22H29N7. The van der Waals surface area contributed by atoms with E-state index < -0.39 is 0 Å². The number of nitrogens with one attached hydrogen (secondary N) is 1. The third-order valence-corrected chi connectivity index (χ3v) is 6.29. The molecule has 0 spiro atoms. The van der Waals surface area contributed by atoms with Crippen LogP contribution in [0.2, 0.25) is 0 Å². The topological polar surface area (TPSA) is 84.9 Å². The lowest BCUT2D eigenvalue weighted by atomic mass is 9.95. The Labute approximate surface area is 171 Å². The SMILES string of the molecule is NCCN1CCC(Nc2nc3ccccc3n2C2CCCc3nccnc32)CC1. The van der Waals surface area contributed by atoms with Crippen LogP contribution >= 0.6 is 0 Å². The van der Waals surface area contributed by atoms with Gasteiger partial charge in [-0.2, -0.15) is 0 Å². The van der Waals surface area contributed by atoms with E-state index in [2.05, 4.69) is 44.0 Å². The number of imidazole rings is 1. The Balaban J connectivity index is 1.48. The van der Waals surface area contributed by atoms with Crippen LogP contribution in [0.1, 0.15) is 43.1 Å². The predicted molar refractivity (Wildman–Crippen MR) is 115 cm³/mol. The van der Waals surface area contributed by atoms with Crippen LogP contribution in [0.3, 0.4) is 0 Å². The molecule has 1 saturated heterocycles. The highest BCUT2D eigenvalue weighted by Gasteiger charge is 2.29. The Kier molecular flexibility index (Phi) is 5.16. The lowest BCUT2D eigenvalue weighted by molar-refractivity contribution is 0.224. The van der Waals surface area contributed by atoms with Crippen LogP contribution in [0.4, 0.5) is 5.95 Å². The second-order valence-electron chi connectivity index (χ2n) is 8.14. The maximum Gasteiger partial charge on any atom is 0.204 e. The highest BCUT2D eigenvalue weighted by Crippen LogP contribution is 2.36. The fourth-order valence-corrected chi connectivity index (χ4v) is 4.83. The first-order valence-electron chi connectivity index (χ1n) is 10.8. The molecule has 29 heavy (non-hydrogen) atoms. The molecule has 152 valence electrons. The van der Waals surface area contributed by atoms with Crippen molar-refractivity contribution in [2.75, 3.05) is 31.5 Å². The zero-order valence-corrected chi connectivity index (χ0v) is 16.8. The number of rotatable bonds is 5. The van der Waals surface area contributed by atoms with Gasteiger partial charge in [0, 0.05) is 44.6 Å². The Hall–Kier alpha value is -2.51.